The van der Waals surface area contributed by atoms with E-state index in [0.717, 1.165) is 49.2 Å². The Labute approximate surface area is 189 Å². The number of hydrogen-bond acceptors (Lipinski definition) is 4. The van der Waals surface area contributed by atoms with Gasteiger partial charge in [-0.25, -0.2) is 9.18 Å². The van der Waals surface area contributed by atoms with Gasteiger partial charge in [-0.2, -0.15) is 0 Å². The average molecular weight is 441 g/mol. The van der Waals surface area contributed by atoms with Crippen LogP contribution in [0.25, 0.3) is 0 Å². The molecule has 1 aliphatic heterocycles. The Morgan fingerprint density at radius 2 is 1.75 bits per heavy atom. The number of nitrogens with two attached hydrogens (primary N) is 1. The number of hydrogen-bond donors (Lipinski definition) is 1. The second kappa shape index (κ2) is 11.1. The summed E-state index contributed by atoms with van der Waals surface area (Å²) in [6.07, 6.45) is 4.92. The van der Waals surface area contributed by atoms with Gasteiger partial charge in [0, 0.05) is 24.7 Å². The zero-order valence-electron chi connectivity index (χ0n) is 19.0. The van der Waals surface area contributed by atoms with Crippen LogP contribution in [0.4, 0.5) is 10.1 Å². The molecule has 2 atom stereocenters. The quantitative estimate of drug-likeness (QED) is 0.548. The first-order valence-corrected chi connectivity index (χ1v) is 11.6. The number of primary amides is 1. The van der Waals surface area contributed by atoms with Crippen molar-refractivity contribution in [1.29, 1.82) is 0 Å². The normalized spacial score (nSPS) is 15.8. The van der Waals surface area contributed by atoms with Gasteiger partial charge in [-0.05, 0) is 74.1 Å². The fourth-order valence-electron chi connectivity index (χ4n) is 4.69. The molecule has 2 aromatic carbocycles. The van der Waals surface area contributed by atoms with Crippen LogP contribution in [0.15, 0.2) is 42.5 Å². The zero-order chi connectivity index (χ0) is 23.1. The van der Waals surface area contributed by atoms with Crippen LogP contribution in [-0.2, 0) is 9.53 Å². The lowest BCUT2D eigenvalue weighted by atomic mass is 9.77. The van der Waals surface area contributed by atoms with Crippen molar-refractivity contribution in [3.63, 3.8) is 0 Å². The largest absolute Gasteiger partial charge is 0.462 e. The summed E-state index contributed by atoms with van der Waals surface area (Å²) in [4.78, 5) is 27.0. The van der Waals surface area contributed by atoms with Crippen molar-refractivity contribution < 1.29 is 18.7 Å². The molecule has 0 spiro atoms. The van der Waals surface area contributed by atoms with E-state index in [1.54, 1.807) is 37.3 Å². The molecule has 1 fully saturated rings. The number of esters is 1. The molecule has 2 unspecified atom stereocenters. The van der Waals surface area contributed by atoms with Crippen molar-refractivity contribution in [2.75, 3.05) is 24.6 Å². The third-order valence-corrected chi connectivity index (χ3v) is 6.18. The van der Waals surface area contributed by atoms with Gasteiger partial charge in [-0.3, -0.25) is 4.79 Å². The van der Waals surface area contributed by atoms with Crippen molar-refractivity contribution in [1.82, 2.24) is 0 Å². The van der Waals surface area contributed by atoms with Gasteiger partial charge in [-0.1, -0.05) is 25.5 Å². The Hall–Kier alpha value is -2.89. The van der Waals surface area contributed by atoms with E-state index in [-0.39, 0.29) is 11.7 Å². The van der Waals surface area contributed by atoms with Crippen LogP contribution >= 0.6 is 0 Å². The van der Waals surface area contributed by atoms with Crippen LogP contribution in [0.2, 0.25) is 0 Å². The van der Waals surface area contributed by atoms with Crippen LogP contribution in [0.5, 0.6) is 0 Å². The molecule has 0 aliphatic carbocycles. The summed E-state index contributed by atoms with van der Waals surface area (Å²) in [6, 6.07) is 11.7. The third kappa shape index (κ3) is 5.47. The molecule has 2 aromatic rings. The van der Waals surface area contributed by atoms with E-state index < -0.39 is 17.8 Å². The van der Waals surface area contributed by atoms with E-state index in [2.05, 4.69) is 11.8 Å². The van der Waals surface area contributed by atoms with Gasteiger partial charge in [0.1, 0.15) is 5.82 Å². The molecule has 6 heteroatoms. The van der Waals surface area contributed by atoms with E-state index in [1.165, 1.54) is 12.5 Å². The highest BCUT2D eigenvalue weighted by Gasteiger charge is 2.32. The molecule has 32 heavy (non-hydrogen) atoms. The van der Waals surface area contributed by atoms with Crippen LogP contribution in [0.1, 0.15) is 79.3 Å². The number of halogens is 1. The number of nitrogens with zero attached hydrogens (tertiary/aromatic N) is 1. The van der Waals surface area contributed by atoms with Gasteiger partial charge in [0.05, 0.1) is 18.1 Å². The molecule has 0 radical (unpaired) electrons. The Balaban J connectivity index is 2.02. The number of carbonyl (C=O) groups is 2. The number of amides is 1. The highest BCUT2D eigenvalue weighted by molar-refractivity contribution is 5.90. The zero-order valence-corrected chi connectivity index (χ0v) is 19.0. The molecule has 5 nitrogen and oxygen atoms in total. The lowest BCUT2D eigenvalue weighted by molar-refractivity contribution is -0.120. The second-order valence-corrected chi connectivity index (χ2v) is 8.37. The summed E-state index contributed by atoms with van der Waals surface area (Å²) in [5.41, 5.74) is 8.86. The Bertz CT molecular complexity index is 923. The standard InChI is InChI=1S/C26H33FN2O3/c1-3-8-21(22-17-20(27)13-14-23(22)29-15-6-5-7-16-29)24(25(28)30)18-9-11-19(12-10-18)26(31)32-4-2/h9-14,17,21,24H,3-8,15-16H2,1-2H3,(H2,28,30). The fraction of sp³-hybridized carbons (Fsp3) is 0.462. The molecule has 0 bridgehead atoms. The number of piperidine rings is 1. The number of anilines is 1. The number of rotatable bonds is 9. The van der Waals surface area contributed by atoms with Gasteiger partial charge in [-0.15, -0.1) is 0 Å². The monoisotopic (exact) mass is 440 g/mol. The van der Waals surface area contributed by atoms with Crippen molar-refractivity contribution in [2.45, 2.75) is 57.8 Å². The van der Waals surface area contributed by atoms with Crippen LogP contribution in [0, 0.1) is 5.82 Å². The Morgan fingerprint density at radius 3 is 2.34 bits per heavy atom. The first kappa shape index (κ1) is 23.8. The van der Waals surface area contributed by atoms with Gasteiger partial charge in [0.15, 0.2) is 0 Å². The molecule has 0 saturated carbocycles. The van der Waals surface area contributed by atoms with Crippen molar-refractivity contribution >= 4 is 17.6 Å². The second-order valence-electron chi connectivity index (χ2n) is 8.37. The number of benzene rings is 2. The Morgan fingerprint density at radius 1 is 1.06 bits per heavy atom. The maximum atomic E-state index is 14.4. The predicted molar refractivity (Wildman–Crippen MR) is 124 cm³/mol. The molecule has 0 aromatic heterocycles. The summed E-state index contributed by atoms with van der Waals surface area (Å²) >= 11 is 0. The average Bonchev–Trinajstić information content (AvgIpc) is 2.79. The SMILES string of the molecule is CCCC(c1cc(F)ccc1N1CCCCC1)C(C(N)=O)c1ccc(C(=O)OCC)cc1. The van der Waals surface area contributed by atoms with E-state index in [4.69, 9.17) is 10.5 Å². The molecule has 2 N–H and O–H groups in total. The summed E-state index contributed by atoms with van der Waals surface area (Å²) in [7, 11) is 0. The van der Waals surface area contributed by atoms with Gasteiger partial charge in [0.2, 0.25) is 5.91 Å². The summed E-state index contributed by atoms with van der Waals surface area (Å²) in [6.45, 7) is 5.94. The van der Waals surface area contributed by atoms with E-state index >= 15 is 0 Å². The Kier molecular flexibility index (Phi) is 8.26. The molecule has 172 valence electrons. The number of carbonyl (C=O) groups excluding carboxylic acids is 2. The third-order valence-electron chi connectivity index (χ3n) is 6.18. The van der Waals surface area contributed by atoms with E-state index in [1.807, 2.05) is 6.07 Å². The lowest BCUT2D eigenvalue weighted by Gasteiger charge is -2.34. The molecule has 3 rings (SSSR count). The smallest absolute Gasteiger partial charge is 0.338 e. The highest BCUT2D eigenvalue weighted by atomic mass is 19.1. The molecular formula is C26H33FN2O3. The molecule has 1 amide bonds. The first-order chi connectivity index (χ1) is 15.5. The topological polar surface area (TPSA) is 72.6 Å². The predicted octanol–water partition coefficient (Wildman–Crippen LogP) is 5.15. The number of ether oxygens (including phenoxy) is 1. The minimum atomic E-state index is -0.628. The molecule has 1 aliphatic rings. The molecule has 1 heterocycles. The van der Waals surface area contributed by atoms with Crippen molar-refractivity contribution in [3.05, 3.63) is 65.0 Å². The molecular weight excluding hydrogens is 407 g/mol. The molecule has 1 saturated heterocycles. The summed E-state index contributed by atoms with van der Waals surface area (Å²) in [5.74, 6) is -2.07. The summed E-state index contributed by atoms with van der Waals surface area (Å²) in [5, 5.41) is 0. The maximum absolute atomic E-state index is 14.4. The van der Waals surface area contributed by atoms with Gasteiger partial charge >= 0.3 is 5.97 Å². The fourth-order valence-corrected chi connectivity index (χ4v) is 4.69. The van der Waals surface area contributed by atoms with Crippen LogP contribution in [0.3, 0.4) is 0 Å². The van der Waals surface area contributed by atoms with Crippen molar-refractivity contribution in [3.8, 4) is 0 Å². The van der Waals surface area contributed by atoms with Gasteiger partial charge < -0.3 is 15.4 Å². The van der Waals surface area contributed by atoms with Crippen LogP contribution in [-0.4, -0.2) is 31.6 Å². The van der Waals surface area contributed by atoms with E-state index in [9.17, 15) is 14.0 Å². The van der Waals surface area contributed by atoms with Crippen molar-refractivity contribution in [2.24, 2.45) is 5.73 Å². The van der Waals surface area contributed by atoms with Gasteiger partial charge in [0.25, 0.3) is 0 Å². The lowest BCUT2D eigenvalue weighted by Crippen LogP contribution is -2.32. The summed E-state index contributed by atoms with van der Waals surface area (Å²) < 4.78 is 19.5. The van der Waals surface area contributed by atoms with Crippen LogP contribution < -0.4 is 10.6 Å². The van der Waals surface area contributed by atoms with E-state index in [0.29, 0.717) is 18.6 Å². The first-order valence-electron chi connectivity index (χ1n) is 11.6. The maximum Gasteiger partial charge on any atom is 0.338 e. The highest BCUT2D eigenvalue weighted by Crippen LogP contribution is 2.42. The minimum Gasteiger partial charge on any atom is -0.462 e. The minimum absolute atomic E-state index is 0.265.